The zero-order chi connectivity index (χ0) is 12.9. The molecular weight excluding hydrogens is 238 g/mol. The maximum absolute atomic E-state index is 12.0. The normalized spacial score (nSPS) is 11.2. The molecule has 0 bridgehead atoms. The summed E-state index contributed by atoms with van der Waals surface area (Å²) < 4.78 is 31.5. The average Bonchev–Trinajstić information content (AvgIpc) is 2.35. The van der Waals surface area contributed by atoms with E-state index in [1.54, 1.807) is 12.1 Å². The Labute approximate surface area is 102 Å². The molecule has 0 aliphatic heterocycles. The van der Waals surface area contributed by atoms with E-state index in [4.69, 9.17) is 4.74 Å². The summed E-state index contributed by atoms with van der Waals surface area (Å²) in [5, 5.41) is 0. The molecule has 1 rings (SSSR count). The van der Waals surface area contributed by atoms with E-state index in [0.29, 0.717) is 5.75 Å². The van der Waals surface area contributed by atoms with Crippen molar-refractivity contribution in [1.29, 1.82) is 0 Å². The number of sulfonamides is 1. The Morgan fingerprint density at radius 1 is 1.47 bits per heavy atom. The van der Waals surface area contributed by atoms with Crippen LogP contribution in [0.1, 0.15) is 12.5 Å². The summed E-state index contributed by atoms with van der Waals surface area (Å²) in [7, 11) is -2.09. The van der Waals surface area contributed by atoms with Crippen molar-refractivity contribution in [1.82, 2.24) is 4.72 Å². The van der Waals surface area contributed by atoms with Crippen molar-refractivity contribution in [3.05, 3.63) is 36.4 Å². The van der Waals surface area contributed by atoms with Crippen molar-refractivity contribution in [3.8, 4) is 5.75 Å². The molecule has 1 aromatic carbocycles. The SMILES string of the molecule is C=CCNS(=O)(=O)c1cc(CC)ccc1OC. The molecule has 0 atom stereocenters. The van der Waals surface area contributed by atoms with Crippen LogP contribution in [0, 0.1) is 0 Å². The van der Waals surface area contributed by atoms with Crippen LogP contribution in [-0.2, 0) is 16.4 Å². The fourth-order valence-electron chi connectivity index (χ4n) is 1.40. The highest BCUT2D eigenvalue weighted by atomic mass is 32.2. The van der Waals surface area contributed by atoms with E-state index in [1.165, 1.54) is 13.2 Å². The predicted octanol–water partition coefficient (Wildman–Crippen LogP) is 1.72. The van der Waals surface area contributed by atoms with E-state index >= 15 is 0 Å². The molecule has 1 aromatic rings. The molecule has 0 aromatic heterocycles. The monoisotopic (exact) mass is 255 g/mol. The average molecular weight is 255 g/mol. The topological polar surface area (TPSA) is 55.4 Å². The molecule has 4 nitrogen and oxygen atoms in total. The highest BCUT2D eigenvalue weighted by molar-refractivity contribution is 7.89. The Kier molecular flexibility index (Phi) is 4.72. The number of rotatable bonds is 6. The lowest BCUT2D eigenvalue weighted by molar-refractivity contribution is 0.402. The van der Waals surface area contributed by atoms with Crippen LogP contribution in [0.3, 0.4) is 0 Å². The Morgan fingerprint density at radius 3 is 2.71 bits per heavy atom. The summed E-state index contributed by atoms with van der Waals surface area (Å²) in [5.41, 5.74) is 0.949. The van der Waals surface area contributed by atoms with Gasteiger partial charge in [-0.05, 0) is 24.1 Å². The molecule has 0 radical (unpaired) electrons. The molecule has 0 amide bonds. The van der Waals surface area contributed by atoms with Crippen LogP contribution < -0.4 is 9.46 Å². The lowest BCUT2D eigenvalue weighted by Crippen LogP contribution is -2.24. The van der Waals surface area contributed by atoms with E-state index < -0.39 is 10.0 Å². The first kappa shape index (κ1) is 13.7. The predicted molar refractivity (Wildman–Crippen MR) is 67.8 cm³/mol. The lowest BCUT2D eigenvalue weighted by atomic mass is 10.2. The van der Waals surface area contributed by atoms with Crippen LogP contribution in [0.25, 0.3) is 0 Å². The number of aryl methyl sites for hydroxylation is 1. The first-order valence-electron chi connectivity index (χ1n) is 5.32. The van der Waals surface area contributed by atoms with Crippen LogP contribution in [0.2, 0.25) is 0 Å². The van der Waals surface area contributed by atoms with Crippen molar-refractivity contribution in [3.63, 3.8) is 0 Å². The van der Waals surface area contributed by atoms with Gasteiger partial charge in [0.15, 0.2) is 0 Å². The van der Waals surface area contributed by atoms with Crippen molar-refractivity contribution in [2.24, 2.45) is 0 Å². The van der Waals surface area contributed by atoms with Gasteiger partial charge in [0.1, 0.15) is 10.6 Å². The Morgan fingerprint density at radius 2 is 2.18 bits per heavy atom. The van der Waals surface area contributed by atoms with Crippen LogP contribution in [0.4, 0.5) is 0 Å². The van der Waals surface area contributed by atoms with Gasteiger partial charge in [-0.3, -0.25) is 0 Å². The first-order valence-corrected chi connectivity index (χ1v) is 6.81. The molecule has 0 saturated carbocycles. The number of ether oxygens (including phenoxy) is 1. The smallest absolute Gasteiger partial charge is 0.244 e. The highest BCUT2D eigenvalue weighted by Crippen LogP contribution is 2.24. The molecule has 94 valence electrons. The third-order valence-electron chi connectivity index (χ3n) is 2.34. The summed E-state index contributed by atoms with van der Waals surface area (Å²) in [5.74, 6) is 0.346. The third kappa shape index (κ3) is 3.31. The maximum atomic E-state index is 12.0. The molecule has 0 aliphatic carbocycles. The first-order chi connectivity index (χ1) is 8.05. The second-order valence-corrected chi connectivity index (χ2v) is 5.21. The van der Waals surface area contributed by atoms with Gasteiger partial charge in [-0.2, -0.15) is 0 Å². The molecule has 0 heterocycles. The number of nitrogens with one attached hydrogen (secondary N) is 1. The van der Waals surface area contributed by atoms with Gasteiger partial charge in [0.2, 0.25) is 10.0 Å². The van der Waals surface area contributed by atoms with E-state index in [0.717, 1.165) is 12.0 Å². The second kappa shape index (κ2) is 5.84. The van der Waals surface area contributed by atoms with E-state index in [2.05, 4.69) is 11.3 Å². The minimum Gasteiger partial charge on any atom is -0.495 e. The lowest BCUT2D eigenvalue weighted by Gasteiger charge is -2.11. The molecular formula is C12H17NO3S. The van der Waals surface area contributed by atoms with E-state index in [1.807, 2.05) is 13.0 Å². The van der Waals surface area contributed by atoms with Gasteiger partial charge in [0.05, 0.1) is 7.11 Å². The van der Waals surface area contributed by atoms with Gasteiger partial charge < -0.3 is 4.74 Å². The van der Waals surface area contributed by atoms with Gasteiger partial charge in [0.25, 0.3) is 0 Å². The van der Waals surface area contributed by atoms with Crippen LogP contribution >= 0.6 is 0 Å². The zero-order valence-electron chi connectivity index (χ0n) is 10.1. The Hall–Kier alpha value is -1.33. The van der Waals surface area contributed by atoms with Crippen molar-refractivity contribution in [2.75, 3.05) is 13.7 Å². The summed E-state index contributed by atoms with van der Waals surface area (Å²) in [6.45, 7) is 5.64. The van der Waals surface area contributed by atoms with Gasteiger partial charge >= 0.3 is 0 Å². The largest absolute Gasteiger partial charge is 0.495 e. The number of hydrogen-bond acceptors (Lipinski definition) is 3. The van der Waals surface area contributed by atoms with Gasteiger partial charge in [-0.15, -0.1) is 6.58 Å². The Bertz CT molecular complexity index is 494. The molecule has 1 N–H and O–H groups in total. The molecule has 5 heteroatoms. The molecule has 0 saturated heterocycles. The van der Waals surface area contributed by atoms with Gasteiger partial charge in [0, 0.05) is 6.54 Å². The fourth-order valence-corrected chi connectivity index (χ4v) is 2.61. The number of benzene rings is 1. The molecule has 0 unspecified atom stereocenters. The standard InChI is InChI=1S/C12H17NO3S/c1-4-8-13-17(14,15)12-9-10(5-2)6-7-11(12)16-3/h4,6-7,9,13H,1,5,8H2,2-3H3. The van der Waals surface area contributed by atoms with E-state index in [-0.39, 0.29) is 11.4 Å². The fraction of sp³-hybridized carbons (Fsp3) is 0.333. The quantitative estimate of drug-likeness (QED) is 0.787. The van der Waals surface area contributed by atoms with Crippen LogP contribution in [0.15, 0.2) is 35.7 Å². The zero-order valence-corrected chi connectivity index (χ0v) is 10.9. The highest BCUT2D eigenvalue weighted by Gasteiger charge is 2.18. The molecule has 17 heavy (non-hydrogen) atoms. The minimum atomic E-state index is -3.54. The van der Waals surface area contributed by atoms with E-state index in [9.17, 15) is 8.42 Å². The minimum absolute atomic E-state index is 0.168. The van der Waals surface area contributed by atoms with Gasteiger partial charge in [-0.1, -0.05) is 19.1 Å². The third-order valence-corrected chi connectivity index (χ3v) is 3.79. The molecule has 0 spiro atoms. The summed E-state index contributed by atoms with van der Waals surface area (Å²) in [6, 6.07) is 5.15. The maximum Gasteiger partial charge on any atom is 0.244 e. The molecule has 0 fully saturated rings. The van der Waals surface area contributed by atoms with Crippen LogP contribution in [0.5, 0.6) is 5.75 Å². The van der Waals surface area contributed by atoms with Crippen molar-refractivity contribution in [2.45, 2.75) is 18.2 Å². The van der Waals surface area contributed by atoms with Crippen molar-refractivity contribution >= 4 is 10.0 Å². The van der Waals surface area contributed by atoms with Gasteiger partial charge in [-0.25, -0.2) is 13.1 Å². The molecule has 0 aliphatic rings. The Balaban J connectivity index is 3.22. The number of hydrogen-bond donors (Lipinski definition) is 1. The second-order valence-electron chi connectivity index (χ2n) is 3.48. The number of methoxy groups -OCH3 is 1. The van der Waals surface area contributed by atoms with Crippen molar-refractivity contribution < 1.29 is 13.2 Å². The summed E-state index contributed by atoms with van der Waals surface area (Å²) >= 11 is 0. The van der Waals surface area contributed by atoms with Crippen LogP contribution in [-0.4, -0.2) is 22.1 Å². The summed E-state index contributed by atoms with van der Waals surface area (Å²) in [4.78, 5) is 0.168. The summed E-state index contributed by atoms with van der Waals surface area (Å²) in [6.07, 6.45) is 2.27.